The van der Waals surface area contributed by atoms with Crippen LogP contribution in [0.5, 0.6) is 0 Å². The van der Waals surface area contributed by atoms with E-state index in [-0.39, 0.29) is 0 Å². The molecule has 1 aliphatic carbocycles. The van der Waals surface area contributed by atoms with Crippen LogP contribution in [-0.2, 0) is 5.41 Å². The molecule has 1 saturated heterocycles. The minimum absolute atomic E-state index is 0.312. The van der Waals surface area contributed by atoms with Crippen LogP contribution >= 0.6 is 11.8 Å². The molecule has 3 rings (SSSR count). The summed E-state index contributed by atoms with van der Waals surface area (Å²) in [4.78, 5) is 6.94. The molecule has 1 saturated carbocycles. The molecule has 0 amide bonds. The summed E-state index contributed by atoms with van der Waals surface area (Å²) in [5, 5.41) is 3.64. The average molecular weight is 318 g/mol. The second-order valence-electron chi connectivity index (χ2n) is 7.08. The van der Waals surface area contributed by atoms with Crippen molar-refractivity contribution in [1.29, 1.82) is 0 Å². The maximum absolute atomic E-state index is 4.52. The van der Waals surface area contributed by atoms with Crippen molar-refractivity contribution in [2.75, 3.05) is 32.4 Å². The van der Waals surface area contributed by atoms with Gasteiger partial charge in [0.2, 0.25) is 0 Å². The zero-order chi connectivity index (χ0) is 15.6. The summed E-state index contributed by atoms with van der Waals surface area (Å²) in [7, 11) is 1.90. The number of aliphatic imine (C=N–C) groups is 1. The molecule has 0 unspecified atom stereocenters. The van der Waals surface area contributed by atoms with Gasteiger partial charge in [-0.2, -0.15) is 11.8 Å². The number of thioether (sulfide) groups is 1. The summed E-state index contributed by atoms with van der Waals surface area (Å²) in [5.41, 5.74) is 1.80. The molecule has 0 spiro atoms. The Hall–Kier alpha value is -1.16. The summed E-state index contributed by atoms with van der Waals surface area (Å²) in [6.07, 6.45) is 2.56. The molecule has 0 atom stereocenters. The third-order valence-electron chi connectivity index (χ3n) is 4.76. The van der Waals surface area contributed by atoms with Gasteiger partial charge in [0.1, 0.15) is 0 Å². The van der Waals surface area contributed by atoms with Crippen LogP contribution in [0.2, 0.25) is 0 Å². The molecule has 1 heterocycles. The van der Waals surface area contributed by atoms with E-state index in [0.29, 0.717) is 10.2 Å². The Balaban J connectivity index is 1.63. The lowest BCUT2D eigenvalue weighted by molar-refractivity contribution is 0.374. The van der Waals surface area contributed by atoms with Crippen LogP contribution in [0.3, 0.4) is 0 Å². The van der Waals surface area contributed by atoms with Crippen molar-refractivity contribution in [3.8, 4) is 0 Å². The lowest BCUT2D eigenvalue weighted by atomic mass is 9.96. The fourth-order valence-corrected chi connectivity index (χ4v) is 4.40. The van der Waals surface area contributed by atoms with Gasteiger partial charge in [-0.05, 0) is 32.3 Å². The van der Waals surface area contributed by atoms with Gasteiger partial charge in [0, 0.05) is 42.6 Å². The summed E-state index contributed by atoms with van der Waals surface area (Å²) in [6, 6.07) is 10.9. The fourth-order valence-electron chi connectivity index (χ4n) is 3.29. The predicted molar refractivity (Wildman–Crippen MR) is 96.8 cm³/mol. The van der Waals surface area contributed by atoms with E-state index in [4.69, 9.17) is 0 Å². The van der Waals surface area contributed by atoms with Crippen LogP contribution in [-0.4, -0.2) is 48.0 Å². The van der Waals surface area contributed by atoms with Crippen molar-refractivity contribution in [3.05, 3.63) is 35.9 Å². The van der Waals surface area contributed by atoms with E-state index >= 15 is 0 Å². The van der Waals surface area contributed by atoms with Gasteiger partial charge in [0.05, 0.1) is 0 Å². The van der Waals surface area contributed by atoms with Gasteiger partial charge in [-0.1, -0.05) is 30.3 Å². The molecule has 2 fully saturated rings. The Kier molecular flexibility index (Phi) is 4.40. The summed E-state index contributed by atoms with van der Waals surface area (Å²) < 4.78 is 0.312. The van der Waals surface area contributed by atoms with Crippen molar-refractivity contribution >= 4 is 17.7 Å². The van der Waals surface area contributed by atoms with Crippen LogP contribution in [0, 0.1) is 0 Å². The highest BCUT2D eigenvalue weighted by Crippen LogP contribution is 2.47. The van der Waals surface area contributed by atoms with Crippen LogP contribution in [0.1, 0.15) is 32.3 Å². The largest absolute Gasteiger partial charge is 0.355 e. The number of guanidine groups is 1. The maximum Gasteiger partial charge on any atom is 0.193 e. The van der Waals surface area contributed by atoms with Gasteiger partial charge in [-0.25, -0.2) is 0 Å². The SMILES string of the molecule is CN=C(NCC1(c2ccccc2)CC1)N1CCSC(C)(C)C1. The number of rotatable bonds is 3. The number of benzene rings is 1. The summed E-state index contributed by atoms with van der Waals surface area (Å²) >= 11 is 2.06. The minimum Gasteiger partial charge on any atom is -0.355 e. The monoisotopic (exact) mass is 317 g/mol. The van der Waals surface area contributed by atoms with Gasteiger partial charge in [0.15, 0.2) is 5.96 Å². The Morgan fingerprint density at radius 2 is 2.00 bits per heavy atom. The standard InChI is InChI=1S/C18H27N3S/c1-17(2)14-21(11-12-22-17)16(19-3)20-13-18(9-10-18)15-7-5-4-6-8-15/h4-8H,9-14H2,1-3H3,(H,19,20). The first kappa shape index (κ1) is 15.7. The molecule has 120 valence electrons. The highest BCUT2D eigenvalue weighted by Gasteiger charge is 2.44. The van der Waals surface area contributed by atoms with E-state index in [1.165, 1.54) is 24.2 Å². The maximum atomic E-state index is 4.52. The Bertz CT molecular complexity index is 535. The van der Waals surface area contributed by atoms with Gasteiger partial charge < -0.3 is 10.2 Å². The molecule has 1 aliphatic heterocycles. The second-order valence-corrected chi connectivity index (χ2v) is 8.88. The van der Waals surface area contributed by atoms with Crippen molar-refractivity contribution in [1.82, 2.24) is 10.2 Å². The van der Waals surface area contributed by atoms with E-state index < -0.39 is 0 Å². The Morgan fingerprint density at radius 3 is 2.59 bits per heavy atom. The zero-order valence-electron chi connectivity index (χ0n) is 13.9. The first-order chi connectivity index (χ1) is 10.5. The van der Waals surface area contributed by atoms with Crippen molar-refractivity contribution in [2.24, 2.45) is 4.99 Å². The van der Waals surface area contributed by atoms with Gasteiger partial charge in [-0.3, -0.25) is 4.99 Å². The van der Waals surface area contributed by atoms with E-state index in [2.05, 4.69) is 71.2 Å². The molecule has 1 aromatic rings. The molecule has 0 bridgehead atoms. The molecular weight excluding hydrogens is 290 g/mol. The van der Waals surface area contributed by atoms with Crippen molar-refractivity contribution < 1.29 is 0 Å². The molecular formula is C18H27N3S. The molecule has 1 aromatic carbocycles. The second kappa shape index (κ2) is 6.15. The van der Waals surface area contributed by atoms with Gasteiger partial charge >= 0.3 is 0 Å². The number of hydrogen-bond acceptors (Lipinski definition) is 2. The fraction of sp³-hybridized carbons (Fsp3) is 0.611. The average Bonchev–Trinajstić information content (AvgIpc) is 3.29. The third kappa shape index (κ3) is 3.43. The van der Waals surface area contributed by atoms with Crippen LogP contribution in [0.15, 0.2) is 35.3 Å². The van der Waals surface area contributed by atoms with Crippen molar-refractivity contribution in [2.45, 2.75) is 36.9 Å². The first-order valence-corrected chi connectivity index (χ1v) is 9.18. The van der Waals surface area contributed by atoms with E-state index in [1.807, 2.05) is 7.05 Å². The van der Waals surface area contributed by atoms with E-state index in [9.17, 15) is 0 Å². The quantitative estimate of drug-likeness (QED) is 0.686. The van der Waals surface area contributed by atoms with Crippen molar-refractivity contribution in [3.63, 3.8) is 0 Å². The summed E-state index contributed by atoms with van der Waals surface area (Å²) in [6.45, 7) is 7.79. The lowest BCUT2D eigenvalue weighted by Gasteiger charge is -2.39. The summed E-state index contributed by atoms with van der Waals surface area (Å²) in [5.74, 6) is 2.24. The normalized spacial score (nSPS) is 23.2. The zero-order valence-corrected chi connectivity index (χ0v) is 14.7. The molecule has 22 heavy (non-hydrogen) atoms. The van der Waals surface area contributed by atoms with Gasteiger partial charge in [0.25, 0.3) is 0 Å². The number of hydrogen-bond donors (Lipinski definition) is 1. The van der Waals surface area contributed by atoms with E-state index in [0.717, 1.165) is 25.6 Å². The Labute approximate surface area is 138 Å². The molecule has 0 radical (unpaired) electrons. The lowest BCUT2D eigenvalue weighted by Crippen LogP contribution is -2.52. The minimum atomic E-state index is 0.312. The van der Waals surface area contributed by atoms with Crippen LogP contribution < -0.4 is 5.32 Å². The number of nitrogens with one attached hydrogen (secondary N) is 1. The highest BCUT2D eigenvalue weighted by molar-refractivity contribution is 8.00. The molecule has 4 heteroatoms. The van der Waals surface area contributed by atoms with E-state index in [1.54, 1.807) is 0 Å². The molecule has 0 aromatic heterocycles. The highest BCUT2D eigenvalue weighted by atomic mass is 32.2. The molecule has 3 nitrogen and oxygen atoms in total. The first-order valence-electron chi connectivity index (χ1n) is 8.20. The van der Waals surface area contributed by atoms with Crippen LogP contribution in [0.25, 0.3) is 0 Å². The number of nitrogens with zero attached hydrogens (tertiary/aromatic N) is 2. The molecule has 1 N–H and O–H groups in total. The Morgan fingerprint density at radius 1 is 1.27 bits per heavy atom. The predicted octanol–water partition coefficient (Wildman–Crippen LogP) is 3.12. The smallest absolute Gasteiger partial charge is 0.193 e. The topological polar surface area (TPSA) is 27.6 Å². The van der Waals surface area contributed by atoms with Gasteiger partial charge in [-0.15, -0.1) is 0 Å². The van der Waals surface area contributed by atoms with Crippen LogP contribution in [0.4, 0.5) is 0 Å². The molecule has 2 aliphatic rings. The third-order valence-corrected chi connectivity index (χ3v) is 6.06.